The van der Waals surface area contributed by atoms with Gasteiger partial charge < -0.3 is 4.74 Å². The molecule has 31 heavy (non-hydrogen) atoms. The van der Waals surface area contributed by atoms with Crippen LogP contribution in [0.3, 0.4) is 0 Å². The minimum Gasteiger partial charge on any atom is -0.425 e. The van der Waals surface area contributed by atoms with E-state index in [1.807, 2.05) is 12.1 Å². The minimum absolute atomic E-state index is 0.150. The van der Waals surface area contributed by atoms with Crippen LogP contribution in [0.4, 0.5) is 0 Å². The van der Waals surface area contributed by atoms with Gasteiger partial charge in [-0.25, -0.2) is 0 Å². The fourth-order valence-corrected chi connectivity index (χ4v) is 5.86. The Balaban J connectivity index is 1.32. The van der Waals surface area contributed by atoms with Crippen LogP contribution in [0.1, 0.15) is 116 Å². The predicted molar refractivity (Wildman–Crippen MR) is 128 cm³/mol. The van der Waals surface area contributed by atoms with Crippen LogP contribution in [-0.4, -0.2) is 11.0 Å². The van der Waals surface area contributed by atoms with Gasteiger partial charge in [0, 0.05) is 12.1 Å². The van der Waals surface area contributed by atoms with Crippen molar-refractivity contribution in [2.45, 2.75) is 117 Å². The number of hydrogen-bond acceptors (Lipinski definition) is 3. The summed E-state index contributed by atoms with van der Waals surface area (Å²) in [5.41, 5.74) is 1.13. The second-order valence-electron chi connectivity index (χ2n) is 10.3. The third-order valence-corrected chi connectivity index (χ3v) is 7.99. The zero-order chi connectivity index (χ0) is 21.9. The number of hydrogen-bond donors (Lipinski definition) is 0. The van der Waals surface area contributed by atoms with E-state index in [4.69, 9.17) is 4.74 Å². The molecule has 0 spiro atoms. The monoisotopic (exact) mass is 427 g/mol. The molecule has 0 unspecified atom stereocenters. The van der Waals surface area contributed by atoms with Gasteiger partial charge in [0.05, 0.1) is 6.20 Å². The lowest BCUT2D eigenvalue weighted by Crippen LogP contribution is -2.26. The van der Waals surface area contributed by atoms with Crippen LogP contribution in [0.25, 0.3) is 0 Å². The summed E-state index contributed by atoms with van der Waals surface area (Å²) in [6.07, 6.45) is 22.4. The molecule has 0 saturated heterocycles. The predicted octanol–water partition coefficient (Wildman–Crippen LogP) is 7.91. The molecular weight excluding hydrogens is 382 g/mol. The normalized spacial score (nSPS) is 26.5. The Morgan fingerprint density at radius 1 is 0.871 bits per heavy atom. The van der Waals surface area contributed by atoms with Crippen molar-refractivity contribution in [2.24, 2.45) is 23.7 Å². The minimum atomic E-state index is -0.150. The maximum atomic E-state index is 11.7. The van der Waals surface area contributed by atoms with Crippen LogP contribution in [0.2, 0.25) is 0 Å². The van der Waals surface area contributed by atoms with Crippen molar-refractivity contribution < 1.29 is 9.53 Å². The van der Waals surface area contributed by atoms with E-state index >= 15 is 0 Å². The number of aryl methyl sites for hydroxylation is 1. The molecule has 2 fully saturated rings. The van der Waals surface area contributed by atoms with Gasteiger partial charge >= 0.3 is 5.97 Å². The molecule has 1 heterocycles. The first-order chi connectivity index (χ1) is 15.2. The smallest absolute Gasteiger partial charge is 0.311 e. The lowest BCUT2D eigenvalue weighted by molar-refractivity contribution is -0.134. The van der Waals surface area contributed by atoms with Gasteiger partial charge in [-0.1, -0.05) is 65.2 Å². The molecule has 0 atom stereocenters. The Bertz CT molecular complexity index is 625. The van der Waals surface area contributed by atoms with E-state index < -0.39 is 0 Å². The molecule has 0 radical (unpaired) electrons. The molecule has 0 aliphatic heterocycles. The number of rotatable bonds is 11. The molecule has 1 aromatic rings. The van der Waals surface area contributed by atoms with Gasteiger partial charge in [0.1, 0.15) is 5.75 Å². The Labute approximate surface area is 190 Å². The summed E-state index contributed by atoms with van der Waals surface area (Å²) in [5, 5.41) is 0. The number of esters is 1. The van der Waals surface area contributed by atoms with Crippen molar-refractivity contribution >= 4 is 5.97 Å². The van der Waals surface area contributed by atoms with Gasteiger partial charge in [0.25, 0.3) is 0 Å². The highest BCUT2D eigenvalue weighted by molar-refractivity contribution is 5.72. The number of carbonyl (C=O) groups excluding carboxylic acids is 1. The van der Waals surface area contributed by atoms with Crippen LogP contribution in [0, 0.1) is 23.7 Å². The lowest BCUT2D eigenvalue weighted by Gasteiger charge is -2.38. The van der Waals surface area contributed by atoms with E-state index in [9.17, 15) is 4.79 Å². The number of nitrogens with zero attached hydrogens (tertiary/aromatic N) is 1. The zero-order valence-corrected chi connectivity index (χ0v) is 20.1. The Hall–Kier alpha value is -1.38. The highest BCUT2D eigenvalue weighted by Gasteiger charge is 2.30. The number of ether oxygens (including phenoxy) is 1. The third-order valence-electron chi connectivity index (χ3n) is 7.99. The average Bonchev–Trinajstić information content (AvgIpc) is 2.82. The number of carbonyl (C=O) groups is 1. The second kappa shape index (κ2) is 13.2. The van der Waals surface area contributed by atoms with Gasteiger partial charge in [0.2, 0.25) is 0 Å². The van der Waals surface area contributed by atoms with E-state index in [0.717, 1.165) is 48.6 Å². The van der Waals surface area contributed by atoms with Crippen molar-refractivity contribution in [1.82, 2.24) is 4.98 Å². The first-order valence-corrected chi connectivity index (χ1v) is 13.3. The molecule has 2 aliphatic carbocycles. The molecule has 3 nitrogen and oxygen atoms in total. The average molecular weight is 428 g/mol. The van der Waals surface area contributed by atoms with Gasteiger partial charge in [-0.3, -0.25) is 9.78 Å². The fourth-order valence-electron chi connectivity index (χ4n) is 5.86. The molecule has 1 aromatic heterocycles. The van der Waals surface area contributed by atoms with E-state index in [1.165, 1.54) is 77.0 Å². The Morgan fingerprint density at radius 3 is 2.03 bits per heavy atom. The second-order valence-corrected chi connectivity index (χ2v) is 10.3. The summed E-state index contributed by atoms with van der Waals surface area (Å²) < 4.78 is 5.36. The fraction of sp³-hybridized carbons (Fsp3) is 0.786. The van der Waals surface area contributed by atoms with E-state index in [1.54, 1.807) is 6.20 Å². The molecule has 3 heteroatoms. The largest absolute Gasteiger partial charge is 0.425 e. The maximum absolute atomic E-state index is 11.7. The molecule has 2 aliphatic rings. The summed E-state index contributed by atoms with van der Waals surface area (Å²) in [6.45, 7) is 4.40. The Morgan fingerprint density at radius 2 is 1.48 bits per heavy atom. The SMILES string of the molecule is CCCCC(=O)Oc1ccc(CCC2CCC(C3CCC(CCCC)CC3)CC2)nc1. The van der Waals surface area contributed by atoms with Crippen LogP contribution in [-0.2, 0) is 11.2 Å². The summed E-state index contributed by atoms with van der Waals surface area (Å²) in [4.78, 5) is 16.3. The molecule has 0 aromatic carbocycles. The van der Waals surface area contributed by atoms with Gasteiger partial charge in [-0.05, 0) is 80.8 Å². The van der Waals surface area contributed by atoms with Crippen molar-refractivity contribution in [2.75, 3.05) is 0 Å². The quantitative estimate of drug-likeness (QED) is 0.337. The Kier molecular flexibility index (Phi) is 10.4. The molecule has 3 rings (SSSR count). The zero-order valence-electron chi connectivity index (χ0n) is 20.1. The molecule has 174 valence electrons. The van der Waals surface area contributed by atoms with Crippen LogP contribution in [0.5, 0.6) is 5.75 Å². The third kappa shape index (κ3) is 8.24. The van der Waals surface area contributed by atoms with Crippen molar-refractivity contribution in [3.63, 3.8) is 0 Å². The molecular formula is C28H45NO2. The highest BCUT2D eigenvalue weighted by atomic mass is 16.5. The van der Waals surface area contributed by atoms with Crippen molar-refractivity contribution in [3.8, 4) is 5.75 Å². The van der Waals surface area contributed by atoms with Gasteiger partial charge in [-0.15, -0.1) is 0 Å². The van der Waals surface area contributed by atoms with E-state index in [-0.39, 0.29) is 5.97 Å². The van der Waals surface area contributed by atoms with Gasteiger partial charge in [-0.2, -0.15) is 0 Å². The van der Waals surface area contributed by atoms with Crippen LogP contribution in [0.15, 0.2) is 18.3 Å². The number of aromatic nitrogens is 1. The molecule has 0 amide bonds. The standard InChI is InChI=1S/C28H45NO2/c1-3-5-7-22-9-14-24(15-10-22)25-16-11-23(12-17-25)13-18-26-19-20-27(21-29-26)31-28(30)8-6-4-2/h19-25H,3-18H2,1-2H3. The van der Waals surface area contributed by atoms with Crippen molar-refractivity contribution in [1.29, 1.82) is 0 Å². The number of pyridine rings is 1. The summed E-state index contributed by atoms with van der Waals surface area (Å²) in [6, 6.07) is 3.94. The lowest BCUT2D eigenvalue weighted by atomic mass is 9.68. The van der Waals surface area contributed by atoms with Gasteiger partial charge in [0.15, 0.2) is 0 Å². The number of unbranched alkanes of at least 4 members (excludes halogenated alkanes) is 2. The van der Waals surface area contributed by atoms with E-state index in [0.29, 0.717) is 12.2 Å². The summed E-state index contributed by atoms with van der Waals surface area (Å²) >= 11 is 0. The summed E-state index contributed by atoms with van der Waals surface area (Å²) in [7, 11) is 0. The molecule has 0 bridgehead atoms. The molecule has 0 N–H and O–H groups in total. The van der Waals surface area contributed by atoms with E-state index in [2.05, 4.69) is 18.8 Å². The molecule has 2 saturated carbocycles. The van der Waals surface area contributed by atoms with Crippen LogP contribution >= 0.6 is 0 Å². The first-order valence-electron chi connectivity index (χ1n) is 13.3. The van der Waals surface area contributed by atoms with Crippen LogP contribution < -0.4 is 4.74 Å². The maximum Gasteiger partial charge on any atom is 0.311 e. The topological polar surface area (TPSA) is 39.2 Å². The highest BCUT2D eigenvalue weighted by Crippen LogP contribution is 2.43. The first kappa shape index (κ1) is 24.3. The summed E-state index contributed by atoms with van der Waals surface area (Å²) in [5.74, 6) is 4.35. The van der Waals surface area contributed by atoms with Crippen molar-refractivity contribution in [3.05, 3.63) is 24.0 Å².